The summed E-state index contributed by atoms with van der Waals surface area (Å²) in [5, 5.41) is 25.5. The van der Waals surface area contributed by atoms with E-state index in [9.17, 15) is 15.0 Å². The number of aliphatic carboxylic acids is 1. The maximum atomic E-state index is 12.0. The number of nitrogens with one attached hydrogen (secondary N) is 1. The molecule has 4 rings (SSSR count). The lowest BCUT2D eigenvalue weighted by molar-refractivity contribution is -0.170. The molecule has 2 aromatic heterocycles. The van der Waals surface area contributed by atoms with E-state index in [1.807, 2.05) is 39.0 Å². The van der Waals surface area contributed by atoms with Crippen LogP contribution in [0.25, 0.3) is 10.4 Å². The number of ether oxygens (including phenoxy) is 1. The number of aromatic nitrogens is 3. The van der Waals surface area contributed by atoms with Crippen molar-refractivity contribution in [3.63, 3.8) is 0 Å². The highest BCUT2D eigenvalue weighted by Crippen LogP contribution is 2.56. The molecule has 1 aromatic carbocycles. The Kier molecular flexibility index (Phi) is 6.54. The molecule has 8 nitrogen and oxygen atoms in total. The zero-order chi connectivity index (χ0) is 25.6. The maximum absolute atomic E-state index is 12.0. The van der Waals surface area contributed by atoms with Crippen molar-refractivity contribution in [2.24, 2.45) is 10.8 Å². The average Bonchev–Trinajstić information content (AvgIpc) is 3.28. The molecule has 0 radical (unpaired) electrons. The van der Waals surface area contributed by atoms with Crippen molar-refractivity contribution in [2.45, 2.75) is 52.6 Å². The number of carboxylic acid groups (broad SMARTS) is 1. The largest absolute Gasteiger partial charge is 0.481 e. The quantitative estimate of drug-likeness (QED) is 0.376. The van der Waals surface area contributed by atoms with Crippen molar-refractivity contribution in [3.8, 4) is 16.3 Å². The third kappa shape index (κ3) is 4.72. The lowest BCUT2D eigenvalue weighted by Crippen LogP contribution is -2.51. The highest BCUT2D eigenvalue weighted by Gasteiger charge is 2.56. The number of hydrogen-bond donors (Lipinski definition) is 3. The van der Waals surface area contributed by atoms with Gasteiger partial charge in [0.25, 0.3) is 0 Å². The summed E-state index contributed by atoms with van der Waals surface area (Å²) in [5.74, 6) is -0.189. The van der Waals surface area contributed by atoms with Gasteiger partial charge in [0.05, 0.1) is 23.6 Å². The van der Waals surface area contributed by atoms with E-state index in [4.69, 9.17) is 16.3 Å². The van der Waals surface area contributed by atoms with Crippen molar-refractivity contribution < 1.29 is 19.7 Å². The fourth-order valence-corrected chi connectivity index (χ4v) is 5.88. The molecule has 1 aliphatic carbocycles. The highest BCUT2D eigenvalue weighted by molar-refractivity contribution is 7.15. The van der Waals surface area contributed by atoms with Gasteiger partial charge in [-0.1, -0.05) is 31.5 Å². The van der Waals surface area contributed by atoms with Gasteiger partial charge in [-0.3, -0.25) is 4.79 Å². The first-order valence-electron chi connectivity index (χ1n) is 11.2. The molecule has 0 aliphatic heterocycles. The van der Waals surface area contributed by atoms with Crippen LogP contribution >= 0.6 is 22.9 Å². The second-order valence-electron chi connectivity index (χ2n) is 10.0. The van der Waals surface area contributed by atoms with Crippen molar-refractivity contribution in [2.75, 3.05) is 12.4 Å². The maximum Gasteiger partial charge on any atom is 0.309 e. The fourth-order valence-electron chi connectivity index (χ4n) is 4.69. The molecular formula is C25H29ClN4O4S. The van der Waals surface area contributed by atoms with Gasteiger partial charge in [-0.15, -0.1) is 11.3 Å². The minimum absolute atomic E-state index is 0.284. The van der Waals surface area contributed by atoms with Gasteiger partial charge in [-0.2, -0.15) is 4.98 Å². The van der Waals surface area contributed by atoms with E-state index in [2.05, 4.69) is 20.3 Å². The topological polar surface area (TPSA) is 117 Å². The average molecular weight is 517 g/mol. The molecule has 3 N–H and O–H groups in total. The molecule has 1 saturated carbocycles. The predicted octanol–water partition coefficient (Wildman–Crippen LogP) is 5.80. The molecule has 0 spiro atoms. The third-order valence-electron chi connectivity index (χ3n) is 7.17. The van der Waals surface area contributed by atoms with Crippen LogP contribution in [0.2, 0.25) is 5.02 Å². The smallest absolute Gasteiger partial charge is 0.309 e. The number of nitrogens with zero attached hydrogens (tertiary/aromatic N) is 3. The Bertz CT molecular complexity index is 1280. The summed E-state index contributed by atoms with van der Waals surface area (Å²) in [5.41, 5.74) is 0.0801. The Morgan fingerprint density at radius 3 is 2.57 bits per heavy atom. The number of carbonyl (C=O) groups is 1. The van der Waals surface area contributed by atoms with Crippen LogP contribution in [0.4, 0.5) is 11.6 Å². The SMILES string of the molecule is COc1nc(Nc2cc(C)cc(-c3cnc(C4(O)CCC(C)(C(=O)O)C(C)(C)C4)s3)c2)ncc1Cl. The zero-order valence-electron chi connectivity index (χ0n) is 20.3. The van der Waals surface area contributed by atoms with E-state index in [0.717, 1.165) is 21.7 Å². The summed E-state index contributed by atoms with van der Waals surface area (Å²) in [7, 11) is 1.49. The van der Waals surface area contributed by atoms with Crippen molar-refractivity contribution in [1.82, 2.24) is 15.0 Å². The molecule has 3 aromatic rings. The van der Waals surface area contributed by atoms with Gasteiger partial charge >= 0.3 is 5.97 Å². The summed E-state index contributed by atoms with van der Waals surface area (Å²) >= 11 is 7.45. The van der Waals surface area contributed by atoms with Gasteiger partial charge in [0.2, 0.25) is 11.8 Å². The fraction of sp³-hybridized carbons (Fsp3) is 0.440. The Hall–Kier alpha value is -2.75. The number of thiazole rings is 1. The number of anilines is 2. The lowest BCUT2D eigenvalue weighted by atomic mass is 9.55. The molecule has 35 heavy (non-hydrogen) atoms. The summed E-state index contributed by atoms with van der Waals surface area (Å²) < 4.78 is 5.16. The molecule has 2 unspecified atom stereocenters. The number of halogens is 1. The highest BCUT2D eigenvalue weighted by atomic mass is 35.5. The Morgan fingerprint density at radius 1 is 1.17 bits per heavy atom. The molecule has 1 aliphatic rings. The molecular weight excluding hydrogens is 488 g/mol. The number of rotatable bonds is 6. The molecule has 0 saturated heterocycles. The number of hydrogen-bond acceptors (Lipinski definition) is 8. The van der Waals surface area contributed by atoms with E-state index in [-0.39, 0.29) is 5.88 Å². The number of methoxy groups -OCH3 is 1. The Morgan fingerprint density at radius 2 is 1.91 bits per heavy atom. The van der Waals surface area contributed by atoms with E-state index in [0.29, 0.717) is 35.2 Å². The molecule has 186 valence electrons. The summed E-state index contributed by atoms with van der Waals surface area (Å²) in [6.45, 7) is 7.57. The number of aryl methyl sites for hydroxylation is 1. The van der Waals surface area contributed by atoms with Gasteiger partial charge in [-0.05, 0) is 61.8 Å². The van der Waals surface area contributed by atoms with Gasteiger partial charge in [0.15, 0.2) is 0 Å². The molecule has 2 heterocycles. The Labute approximate surface area is 213 Å². The Balaban J connectivity index is 1.60. The zero-order valence-corrected chi connectivity index (χ0v) is 21.9. The van der Waals surface area contributed by atoms with Crippen molar-refractivity contribution in [3.05, 3.63) is 46.2 Å². The monoisotopic (exact) mass is 516 g/mol. The van der Waals surface area contributed by atoms with E-state index >= 15 is 0 Å². The van der Waals surface area contributed by atoms with Crippen LogP contribution in [0.3, 0.4) is 0 Å². The molecule has 1 fully saturated rings. The normalized spacial score (nSPS) is 23.6. The van der Waals surface area contributed by atoms with Crippen LogP contribution < -0.4 is 10.1 Å². The van der Waals surface area contributed by atoms with Crippen LogP contribution in [0.15, 0.2) is 30.6 Å². The first-order chi connectivity index (χ1) is 16.4. The van der Waals surface area contributed by atoms with Crippen LogP contribution in [-0.4, -0.2) is 38.2 Å². The van der Waals surface area contributed by atoms with Crippen LogP contribution in [-0.2, 0) is 10.4 Å². The van der Waals surface area contributed by atoms with Crippen LogP contribution in [0.5, 0.6) is 5.88 Å². The lowest BCUT2D eigenvalue weighted by Gasteiger charge is -2.50. The second-order valence-corrected chi connectivity index (χ2v) is 11.5. The predicted molar refractivity (Wildman–Crippen MR) is 136 cm³/mol. The number of aliphatic hydroxyl groups is 1. The summed E-state index contributed by atoms with van der Waals surface area (Å²) in [6, 6.07) is 5.98. The van der Waals surface area contributed by atoms with E-state index < -0.39 is 22.4 Å². The van der Waals surface area contributed by atoms with Gasteiger partial charge < -0.3 is 20.3 Å². The molecule has 10 heteroatoms. The number of benzene rings is 1. The standard InChI is InChI=1S/C25H29ClN4O4S/c1-14-8-15(10-16(9-14)29-22-28-11-17(26)19(30-22)34-5)18-12-27-20(35-18)25(33)7-6-24(4,21(31)32)23(2,3)13-25/h8-12,33H,6-7,13H2,1-5H3,(H,31,32)(H,28,29,30). The first kappa shape index (κ1) is 25.3. The van der Waals surface area contributed by atoms with Crippen molar-refractivity contribution >= 4 is 40.5 Å². The molecule has 2 atom stereocenters. The molecule has 0 bridgehead atoms. The van der Waals surface area contributed by atoms with Crippen molar-refractivity contribution in [1.29, 1.82) is 0 Å². The number of carboxylic acids is 1. The van der Waals surface area contributed by atoms with Crippen LogP contribution in [0.1, 0.15) is 50.6 Å². The van der Waals surface area contributed by atoms with Crippen LogP contribution in [0, 0.1) is 17.8 Å². The molecule has 0 amide bonds. The van der Waals surface area contributed by atoms with Gasteiger partial charge in [0, 0.05) is 11.9 Å². The van der Waals surface area contributed by atoms with Gasteiger partial charge in [0.1, 0.15) is 15.6 Å². The second kappa shape index (κ2) is 9.04. The van der Waals surface area contributed by atoms with E-state index in [1.165, 1.54) is 24.6 Å². The first-order valence-corrected chi connectivity index (χ1v) is 12.4. The third-order valence-corrected chi connectivity index (χ3v) is 8.66. The van der Waals surface area contributed by atoms with E-state index in [1.54, 1.807) is 13.1 Å². The summed E-state index contributed by atoms with van der Waals surface area (Å²) in [4.78, 5) is 25.9. The summed E-state index contributed by atoms with van der Waals surface area (Å²) in [6.07, 6.45) is 4.29. The minimum Gasteiger partial charge on any atom is -0.481 e. The van der Waals surface area contributed by atoms with Gasteiger partial charge in [-0.25, -0.2) is 9.97 Å². The minimum atomic E-state index is -1.17.